The average molecular weight is 501 g/mol. The van der Waals surface area contributed by atoms with Crippen LogP contribution in [0.2, 0.25) is 0 Å². The SMILES string of the molecule is OC(CCCC1Cc2[nH]c3c(F)ccc(-c4cccc(C(F)(F)F)c4)c3c2CN1)c1ccc(F)cc1. The van der Waals surface area contributed by atoms with E-state index in [2.05, 4.69) is 10.3 Å². The maximum Gasteiger partial charge on any atom is 0.416 e. The van der Waals surface area contributed by atoms with Gasteiger partial charge >= 0.3 is 6.18 Å². The Morgan fingerprint density at radius 3 is 2.53 bits per heavy atom. The van der Waals surface area contributed by atoms with Gasteiger partial charge in [-0.3, -0.25) is 0 Å². The number of nitrogens with one attached hydrogen (secondary N) is 2. The number of benzene rings is 3. The van der Waals surface area contributed by atoms with Gasteiger partial charge in [0, 0.05) is 30.1 Å². The minimum atomic E-state index is -4.47. The van der Waals surface area contributed by atoms with Gasteiger partial charge in [-0.1, -0.05) is 30.3 Å². The van der Waals surface area contributed by atoms with E-state index in [1.54, 1.807) is 18.2 Å². The zero-order valence-corrected chi connectivity index (χ0v) is 19.3. The van der Waals surface area contributed by atoms with E-state index >= 15 is 0 Å². The van der Waals surface area contributed by atoms with Gasteiger partial charge in [-0.15, -0.1) is 0 Å². The molecule has 0 saturated carbocycles. The summed E-state index contributed by atoms with van der Waals surface area (Å²) in [6, 6.07) is 13.8. The van der Waals surface area contributed by atoms with Crippen LogP contribution in [0.3, 0.4) is 0 Å². The summed E-state index contributed by atoms with van der Waals surface area (Å²) in [7, 11) is 0. The van der Waals surface area contributed by atoms with Gasteiger partial charge < -0.3 is 15.4 Å². The lowest BCUT2D eigenvalue weighted by Crippen LogP contribution is -2.35. The molecule has 2 unspecified atom stereocenters. The first-order valence-corrected chi connectivity index (χ1v) is 11.9. The van der Waals surface area contributed by atoms with Crippen LogP contribution >= 0.6 is 0 Å². The Labute approximate surface area is 205 Å². The molecule has 0 radical (unpaired) electrons. The second-order valence-corrected chi connectivity index (χ2v) is 9.29. The first-order valence-electron chi connectivity index (χ1n) is 11.9. The summed E-state index contributed by atoms with van der Waals surface area (Å²) < 4.78 is 67.6. The van der Waals surface area contributed by atoms with E-state index in [4.69, 9.17) is 0 Å². The number of alkyl halides is 3. The van der Waals surface area contributed by atoms with Crippen LogP contribution < -0.4 is 5.32 Å². The summed E-state index contributed by atoms with van der Waals surface area (Å²) in [4.78, 5) is 3.18. The fourth-order valence-corrected chi connectivity index (χ4v) is 5.04. The molecule has 188 valence electrons. The Balaban J connectivity index is 1.34. The first kappa shape index (κ1) is 24.5. The second-order valence-electron chi connectivity index (χ2n) is 9.29. The zero-order valence-electron chi connectivity index (χ0n) is 19.3. The largest absolute Gasteiger partial charge is 0.416 e. The molecular formula is C28H25F5N2O. The highest BCUT2D eigenvalue weighted by Crippen LogP contribution is 2.38. The molecule has 3 aromatic carbocycles. The van der Waals surface area contributed by atoms with E-state index in [0.717, 1.165) is 36.2 Å². The molecule has 2 heterocycles. The monoisotopic (exact) mass is 500 g/mol. The van der Waals surface area contributed by atoms with Crippen molar-refractivity contribution < 1.29 is 27.1 Å². The number of hydrogen-bond acceptors (Lipinski definition) is 2. The summed E-state index contributed by atoms with van der Waals surface area (Å²) in [6.07, 6.45) is -2.50. The predicted octanol–water partition coefficient (Wildman–Crippen LogP) is 7.05. The molecule has 4 aromatic rings. The fourth-order valence-electron chi connectivity index (χ4n) is 5.04. The highest BCUT2D eigenvalue weighted by atomic mass is 19.4. The van der Waals surface area contributed by atoms with Crippen molar-refractivity contribution >= 4 is 10.9 Å². The van der Waals surface area contributed by atoms with Gasteiger partial charge in [0.1, 0.15) is 11.6 Å². The number of fused-ring (bicyclic) bond motifs is 3. The minimum Gasteiger partial charge on any atom is -0.388 e. The van der Waals surface area contributed by atoms with Crippen LogP contribution in [0, 0.1) is 11.6 Å². The van der Waals surface area contributed by atoms with Crippen LogP contribution in [0.25, 0.3) is 22.0 Å². The molecule has 1 aromatic heterocycles. The molecule has 0 amide bonds. The molecule has 1 aliphatic rings. The van der Waals surface area contributed by atoms with Crippen LogP contribution in [0.1, 0.15) is 47.8 Å². The number of aliphatic hydroxyl groups is 1. The fraction of sp³-hybridized carbons (Fsp3) is 0.286. The molecule has 0 spiro atoms. The van der Waals surface area contributed by atoms with Crippen LogP contribution in [0.15, 0.2) is 60.7 Å². The van der Waals surface area contributed by atoms with Crippen LogP contribution in [0.4, 0.5) is 22.0 Å². The molecule has 2 atom stereocenters. The molecule has 0 fully saturated rings. The van der Waals surface area contributed by atoms with E-state index in [1.807, 2.05) is 0 Å². The van der Waals surface area contributed by atoms with Gasteiger partial charge in [0.2, 0.25) is 0 Å². The standard InChI is InChI=1S/C28H25F5N2O/c29-19-9-7-16(8-10-19)25(36)6-2-5-20-14-24-22(15-34-20)26-21(11-12-23(30)27(26)35-24)17-3-1-4-18(13-17)28(31,32)33/h1,3-4,7-13,20,25,34-36H,2,5-6,14-15H2. The Morgan fingerprint density at radius 1 is 1.00 bits per heavy atom. The van der Waals surface area contributed by atoms with Crippen molar-refractivity contribution in [1.29, 1.82) is 0 Å². The van der Waals surface area contributed by atoms with Gasteiger partial charge in [-0.25, -0.2) is 8.78 Å². The summed E-state index contributed by atoms with van der Waals surface area (Å²) in [6.45, 7) is 0.454. The summed E-state index contributed by atoms with van der Waals surface area (Å²) in [5.74, 6) is -0.798. The highest BCUT2D eigenvalue weighted by Gasteiger charge is 2.31. The number of aliphatic hydroxyl groups excluding tert-OH is 1. The van der Waals surface area contributed by atoms with Crippen LogP contribution in [0.5, 0.6) is 0 Å². The maximum absolute atomic E-state index is 14.7. The van der Waals surface area contributed by atoms with E-state index in [1.165, 1.54) is 30.3 Å². The molecule has 3 nitrogen and oxygen atoms in total. The lowest BCUT2D eigenvalue weighted by atomic mass is 9.92. The quantitative estimate of drug-likeness (QED) is 0.249. The summed E-state index contributed by atoms with van der Waals surface area (Å²) in [5.41, 5.74) is 2.88. The number of H-pyrrole nitrogens is 1. The van der Waals surface area contributed by atoms with Gasteiger partial charge in [0.15, 0.2) is 0 Å². The first-order chi connectivity index (χ1) is 17.2. The van der Waals surface area contributed by atoms with Crippen molar-refractivity contribution in [1.82, 2.24) is 10.3 Å². The average Bonchev–Trinajstić information content (AvgIpc) is 3.24. The molecule has 0 bridgehead atoms. The number of aromatic nitrogens is 1. The maximum atomic E-state index is 14.7. The molecule has 5 rings (SSSR count). The van der Waals surface area contributed by atoms with Crippen LogP contribution in [-0.2, 0) is 19.1 Å². The zero-order chi connectivity index (χ0) is 25.4. The molecule has 1 aliphatic heterocycles. The third-order valence-corrected chi connectivity index (χ3v) is 6.90. The van der Waals surface area contributed by atoms with E-state index < -0.39 is 23.7 Å². The van der Waals surface area contributed by atoms with Crippen molar-refractivity contribution in [2.75, 3.05) is 0 Å². The van der Waals surface area contributed by atoms with Crippen molar-refractivity contribution in [2.45, 2.75) is 50.6 Å². The summed E-state index contributed by atoms with van der Waals surface area (Å²) in [5, 5.41) is 14.4. The molecule has 8 heteroatoms. The Hall–Kier alpha value is -3.23. The van der Waals surface area contributed by atoms with Gasteiger partial charge in [-0.2, -0.15) is 13.2 Å². The molecule has 0 aliphatic carbocycles. The smallest absolute Gasteiger partial charge is 0.388 e. The van der Waals surface area contributed by atoms with E-state index in [-0.39, 0.29) is 11.9 Å². The lowest BCUT2D eigenvalue weighted by Gasteiger charge is -2.25. The Kier molecular flexibility index (Phi) is 6.57. The minimum absolute atomic E-state index is 0.103. The van der Waals surface area contributed by atoms with Crippen molar-refractivity contribution in [3.8, 4) is 11.1 Å². The third-order valence-electron chi connectivity index (χ3n) is 6.90. The van der Waals surface area contributed by atoms with Crippen molar-refractivity contribution in [3.63, 3.8) is 0 Å². The van der Waals surface area contributed by atoms with Gasteiger partial charge in [-0.05, 0) is 71.8 Å². The second kappa shape index (κ2) is 9.67. The topological polar surface area (TPSA) is 48.0 Å². The number of hydrogen-bond donors (Lipinski definition) is 3. The Morgan fingerprint density at radius 2 is 1.78 bits per heavy atom. The third kappa shape index (κ3) is 4.88. The van der Waals surface area contributed by atoms with E-state index in [9.17, 15) is 27.1 Å². The summed E-state index contributed by atoms with van der Waals surface area (Å²) >= 11 is 0. The normalized spacial score (nSPS) is 16.8. The number of halogens is 5. The molecule has 3 N–H and O–H groups in total. The van der Waals surface area contributed by atoms with Crippen molar-refractivity contribution in [3.05, 3.63) is 94.7 Å². The van der Waals surface area contributed by atoms with Crippen molar-refractivity contribution in [2.24, 2.45) is 0 Å². The van der Waals surface area contributed by atoms with Gasteiger partial charge in [0.05, 0.1) is 17.2 Å². The Bertz CT molecular complexity index is 1380. The highest BCUT2D eigenvalue weighted by molar-refractivity contribution is 5.99. The van der Waals surface area contributed by atoms with Gasteiger partial charge in [0.25, 0.3) is 0 Å². The van der Waals surface area contributed by atoms with Crippen LogP contribution in [-0.4, -0.2) is 16.1 Å². The molecule has 36 heavy (non-hydrogen) atoms. The number of rotatable bonds is 6. The number of aromatic amines is 1. The molecular weight excluding hydrogens is 475 g/mol. The molecule has 0 saturated heterocycles. The predicted molar refractivity (Wildman–Crippen MR) is 128 cm³/mol. The van der Waals surface area contributed by atoms with E-state index in [0.29, 0.717) is 47.0 Å². The lowest BCUT2D eigenvalue weighted by molar-refractivity contribution is -0.137.